The van der Waals surface area contributed by atoms with Crippen molar-refractivity contribution in [3.05, 3.63) is 46.3 Å². The van der Waals surface area contributed by atoms with Gasteiger partial charge in [0.2, 0.25) is 0 Å². The van der Waals surface area contributed by atoms with Gasteiger partial charge in [-0.2, -0.15) is 0 Å². The molecule has 0 fully saturated rings. The zero-order valence-electron chi connectivity index (χ0n) is 14.2. The molecule has 1 rings (SSSR count). The average molecular weight is 334 g/mol. The number of azide groups is 1. The molecular formula is C16H22N4O4. The number of hydrogen-bond acceptors (Lipinski definition) is 5. The van der Waals surface area contributed by atoms with Crippen LogP contribution in [-0.4, -0.2) is 29.7 Å². The van der Waals surface area contributed by atoms with Crippen LogP contribution in [0.3, 0.4) is 0 Å². The van der Waals surface area contributed by atoms with Crippen molar-refractivity contribution in [2.75, 3.05) is 0 Å². The van der Waals surface area contributed by atoms with E-state index in [9.17, 15) is 9.59 Å². The SMILES string of the molecule is C[C@H](N=[N+]=[N-])[C@@H](NC(=O)OCc1ccccc1)C(=O)OC(C)(C)C. The molecule has 0 radical (unpaired) electrons. The second-order valence-electron chi connectivity index (χ2n) is 6.16. The van der Waals surface area contributed by atoms with Gasteiger partial charge < -0.3 is 14.8 Å². The third kappa shape index (κ3) is 7.02. The van der Waals surface area contributed by atoms with E-state index in [1.54, 1.807) is 32.9 Å². The van der Waals surface area contributed by atoms with Crippen LogP contribution >= 0.6 is 0 Å². The number of nitrogens with one attached hydrogen (secondary N) is 1. The van der Waals surface area contributed by atoms with E-state index in [4.69, 9.17) is 15.0 Å². The molecule has 0 unspecified atom stereocenters. The summed E-state index contributed by atoms with van der Waals surface area (Å²) in [5.41, 5.74) is 8.62. The third-order valence-corrected chi connectivity index (χ3v) is 2.86. The molecule has 0 aromatic heterocycles. The van der Waals surface area contributed by atoms with Crippen LogP contribution < -0.4 is 5.32 Å². The van der Waals surface area contributed by atoms with Gasteiger partial charge in [0.1, 0.15) is 18.2 Å². The van der Waals surface area contributed by atoms with E-state index < -0.39 is 29.7 Å². The summed E-state index contributed by atoms with van der Waals surface area (Å²) in [4.78, 5) is 26.8. The standard InChI is InChI=1S/C16H22N4O4/c1-11(19-20-17)13(14(21)24-16(2,3)4)18-15(22)23-10-12-8-6-5-7-9-12/h5-9,11,13H,10H2,1-4H3,(H,18,22)/t11-,13+/m0/s1. The molecule has 1 N–H and O–H groups in total. The minimum atomic E-state index is -1.14. The highest BCUT2D eigenvalue weighted by Crippen LogP contribution is 2.12. The van der Waals surface area contributed by atoms with E-state index in [2.05, 4.69) is 15.3 Å². The van der Waals surface area contributed by atoms with Crippen LogP contribution in [0.25, 0.3) is 10.4 Å². The zero-order chi connectivity index (χ0) is 18.2. The van der Waals surface area contributed by atoms with Crippen LogP contribution in [0, 0.1) is 0 Å². The first kappa shape index (κ1) is 19.3. The molecule has 2 atom stereocenters. The van der Waals surface area contributed by atoms with Gasteiger partial charge >= 0.3 is 12.1 Å². The lowest BCUT2D eigenvalue weighted by Crippen LogP contribution is -2.49. The molecule has 1 aromatic carbocycles. The van der Waals surface area contributed by atoms with Crippen LogP contribution in [0.1, 0.15) is 33.3 Å². The first-order valence-corrected chi connectivity index (χ1v) is 7.47. The lowest BCUT2D eigenvalue weighted by molar-refractivity contribution is -0.157. The van der Waals surface area contributed by atoms with Crippen molar-refractivity contribution in [1.29, 1.82) is 0 Å². The number of ether oxygens (including phenoxy) is 2. The van der Waals surface area contributed by atoms with Crippen molar-refractivity contribution < 1.29 is 19.1 Å². The molecule has 0 saturated carbocycles. The first-order chi connectivity index (χ1) is 11.2. The number of alkyl carbamates (subject to hydrolysis) is 1. The Kier molecular flexibility index (Phi) is 7.07. The highest BCUT2D eigenvalue weighted by molar-refractivity contribution is 5.82. The fourth-order valence-corrected chi connectivity index (χ4v) is 1.78. The minimum absolute atomic E-state index is 0.0591. The van der Waals surface area contributed by atoms with Crippen molar-refractivity contribution in [2.24, 2.45) is 5.11 Å². The first-order valence-electron chi connectivity index (χ1n) is 7.47. The molecular weight excluding hydrogens is 312 g/mol. The molecule has 0 aliphatic rings. The molecule has 0 heterocycles. The Morgan fingerprint density at radius 2 is 1.92 bits per heavy atom. The van der Waals surface area contributed by atoms with Gasteiger partial charge in [-0.25, -0.2) is 9.59 Å². The van der Waals surface area contributed by atoms with Crippen molar-refractivity contribution >= 4 is 12.1 Å². The van der Waals surface area contributed by atoms with Gasteiger partial charge in [0, 0.05) is 4.91 Å². The second-order valence-corrected chi connectivity index (χ2v) is 6.16. The lowest BCUT2D eigenvalue weighted by atomic mass is 10.1. The summed E-state index contributed by atoms with van der Waals surface area (Å²) in [6.45, 7) is 6.67. The minimum Gasteiger partial charge on any atom is -0.458 e. The zero-order valence-corrected chi connectivity index (χ0v) is 14.2. The molecule has 8 nitrogen and oxygen atoms in total. The lowest BCUT2D eigenvalue weighted by Gasteiger charge is -2.26. The van der Waals surface area contributed by atoms with Crippen molar-refractivity contribution in [1.82, 2.24) is 5.32 Å². The number of rotatable bonds is 6. The van der Waals surface area contributed by atoms with Crippen molar-refractivity contribution in [3.63, 3.8) is 0 Å². The van der Waals surface area contributed by atoms with Gasteiger partial charge in [-0.05, 0) is 31.9 Å². The number of hydrogen-bond donors (Lipinski definition) is 1. The maximum Gasteiger partial charge on any atom is 0.408 e. The predicted molar refractivity (Wildman–Crippen MR) is 88.0 cm³/mol. The fourth-order valence-electron chi connectivity index (χ4n) is 1.78. The van der Waals surface area contributed by atoms with Crippen molar-refractivity contribution in [3.8, 4) is 0 Å². The number of amides is 1. The van der Waals surface area contributed by atoms with Crippen LogP contribution in [0.15, 0.2) is 35.4 Å². The van der Waals surface area contributed by atoms with Crippen LogP contribution in [0.4, 0.5) is 4.79 Å². The van der Waals surface area contributed by atoms with E-state index in [0.29, 0.717) is 0 Å². The normalized spacial score (nSPS) is 13.2. The van der Waals surface area contributed by atoms with Gasteiger partial charge in [-0.1, -0.05) is 42.4 Å². The smallest absolute Gasteiger partial charge is 0.408 e. The maximum atomic E-state index is 12.2. The summed E-state index contributed by atoms with van der Waals surface area (Å²) in [6, 6.07) is 7.15. The summed E-state index contributed by atoms with van der Waals surface area (Å²) in [5.74, 6) is -0.695. The van der Waals surface area contributed by atoms with Gasteiger partial charge in [0.15, 0.2) is 0 Å². The number of carbonyl (C=O) groups is 2. The second kappa shape index (κ2) is 8.79. The highest BCUT2D eigenvalue weighted by Gasteiger charge is 2.31. The summed E-state index contributed by atoms with van der Waals surface area (Å²) in [5, 5.41) is 5.85. The largest absolute Gasteiger partial charge is 0.458 e. The monoisotopic (exact) mass is 334 g/mol. The Bertz CT molecular complexity index is 606. The third-order valence-electron chi connectivity index (χ3n) is 2.86. The Balaban J connectivity index is 2.71. The number of benzene rings is 1. The topological polar surface area (TPSA) is 113 Å². The summed E-state index contributed by atoms with van der Waals surface area (Å²) in [6.07, 6.45) is -0.797. The highest BCUT2D eigenvalue weighted by atomic mass is 16.6. The molecule has 0 bridgehead atoms. The quantitative estimate of drug-likeness (QED) is 0.372. The molecule has 1 aromatic rings. The van der Waals surface area contributed by atoms with Crippen LogP contribution in [0.2, 0.25) is 0 Å². The number of esters is 1. The Morgan fingerprint density at radius 1 is 1.29 bits per heavy atom. The summed E-state index contributed by atoms with van der Waals surface area (Å²) in [7, 11) is 0. The molecule has 0 aliphatic heterocycles. The van der Waals surface area contributed by atoms with E-state index in [-0.39, 0.29) is 6.61 Å². The summed E-state index contributed by atoms with van der Waals surface area (Å²) < 4.78 is 10.3. The van der Waals surface area contributed by atoms with Crippen LogP contribution in [0.5, 0.6) is 0 Å². The fraction of sp³-hybridized carbons (Fsp3) is 0.500. The number of carbonyl (C=O) groups excluding carboxylic acids is 2. The predicted octanol–water partition coefficient (Wildman–Crippen LogP) is 3.32. The van der Waals surface area contributed by atoms with Crippen LogP contribution in [-0.2, 0) is 20.9 Å². The van der Waals surface area contributed by atoms with E-state index in [0.717, 1.165) is 5.56 Å². The number of nitrogens with zero attached hydrogens (tertiary/aromatic N) is 3. The molecule has 0 spiro atoms. The molecule has 130 valence electrons. The maximum absolute atomic E-state index is 12.2. The van der Waals surface area contributed by atoms with E-state index in [1.807, 2.05) is 18.2 Å². The molecule has 8 heteroatoms. The summed E-state index contributed by atoms with van der Waals surface area (Å²) >= 11 is 0. The molecule has 1 amide bonds. The van der Waals surface area contributed by atoms with Gasteiger partial charge in [0.05, 0.1) is 6.04 Å². The molecule has 0 saturated heterocycles. The van der Waals surface area contributed by atoms with Crippen molar-refractivity contribution in [2.45, 2.75) is 52.0 Å². The van der Waals surface area contributed by atoms with E-state index in [1.165, 1.54) is 6.92 Å². The average Bonchev–Trinajstić information content (AvgIpc) is 2.50. The molecule has 0 aliphatic carbocycles. The van der Waals surface area contributed by atoms with Gasteiger partial charge in [0.25, 0.3) is 0 Å². The Labute approximate surface area is 140 Å². The van der Waals surface area contributed by atoms with Gasteiger partial charge in [-0.3, -0.25) is 0 Å². The molecule has 24 heavy (non-hydrogen) atoms. The Hall–Kier alpha value is -2.73. The Morgan fingerprint density at radius 3 is 2.46 bits per heavy atom. The van der Waals surface area contributed by atoms with E-state index >= 15 is 0 Å². The van der Waals surface area contributed by atoms with Gasteiger partial charge in [-0.15, -0.1) is 0 Å².